The van der Waals surface area contributed by atoms with Crippen molar-refractivity contribution in [1.29, 1.82) is 5.41 Å². The van der Waals surface area contributed by atoms with Crippen LogP contribution in [0.1, 0.15) is 16.7 Å². The molecule has 0 saturated heterocycles. The highest BCUT2D eigenvalue weighted by Crippen LogP contribution is 2.28. The van der Waals surface area contributed by atoms with E-state index >= 15 is 0 Å². The number of hydrogen-bond donors (Lipinski definition) is 2. The minimum atomic E-state index is -0.961. The van der Waals surface area contributed by atoms with E-state index in [1.165, 1.54) is 6.07 Å². The molecule has 5 heteroatoms. The molecule has 0 aliphatic heterocycles. The second kappa shape index (κ2) is 5.28. The zero-order valence-electron chi connectivity index (χ0n) is 11.1. The molecule has 0 aliphatic rings. The molecule has 0 amide bonds. The van der Waals surface area contributed by atoms with Crippen molar-refractivity contribution in [2.24, 2.45) is 5.73 Å². The van der Waals surface area contributed by atoms with E-state index in [-0.39, 0.29) is 11.6 Å². The average molecular weight is 276 g/mol. The Morgan fingerprint density at radius 3 is 2.35 bits per heavy atom. The minimum absolute atomic E-state index is 0.0232. The summed E-state index contributed by atoms with van der Waals surface area (Å²) in [6.07, 6.45) is 0. The van der Waals surface area contributed by atoms with Crippen LogP contribution in [0.25, 0.3) is 0 Å². The quantitative estimate of drug-likeness (QED) is 0.664. The Morgan fingerprint density at radius 1 is 1.05 bits per heavy atom. The standard InChI is InChI=1S/C15H14F2N2O/c1-8-6-14(9(2)5-11(8)15(18)19)20-10-3-4-12(16)13(17)7-10/h3-7H,1-2H3,(H3,18,19). The van der Waals surface area contributed by atoms with Gasteiger partial charge in [-0.25, -0.2) is 8.78 Å². The van der Waals surface area contributed by atoms with Crippen molar-refractivity contribution in [3.63, 3.8) is 0 Å². The van der Waals surface area contributed by atoms with Gasteiger partial charge in [0.1, 0.15) is 17.3 Å². The summed E-state index contributed by atoms with van der Waals surface area (Å²) in [4.78, 5) is 0. The molecule has 0 heterocycles. The molecule has 0 bridgehead atoms. The van der Waals surface area contributed by atoms with Crippen LogP contribution >= 0.6 is 0 Å². The number of nitrogens with one attached hydrogen (secondary N) is 1. The van der Waals surface area contributed by atoms with Crippen molar-refractivity contribution < 1.29 is 13.5 Å². The van der Waals surface area contributed by atoms with Crippen molar-refractivity contribution in [2.75, 3.05) is 0 Å². The van der Waals surface area contributed by atoms with Gasteiger partial charge in [-0.1, -0.05) is 0 Å². The summed E-state index contributed by atoms with van der Waals surface area (Å²) in [5.41, 5.74) is 7.63. The summed E-state index contributed by atoms with van der Waals surface area (Å²) < 4.78 is 31.5. The predicted octanol–water partition coefficient (Wildman–Crippen LogP) is 3.66. The molecule has 3 N–H and O–H groups in total. The van der Waals surface area contributed by atoms with Crippen LogP contribution in [0.2, 0.25) is 0 Å². The lowest BCUT2D eigenvalue weighted by Gasteiger charge is -2.12. The first kappa shape index (κ1) is 14.0. The molecule has 0 atom stereocenters. The molecule has 0 saturated carbocycles. The van der Waals surface area contributed by atoms with Crippen LogP contribution in [0.3, 0.4) is 0 Å². The van der Waals surface area contributed by atoms with Crippen molar-refractivity contribution in [3.8, 4) is 11.5 Å². The summed E-state index contributed by atoms with van der Waals surface area (Å²) in [6.45, 7) is 3.59. The van der Waals surface area contributed by atoms with Crippen LogP contribution < -0.4 is 10.5 Å². The van der Waals surface area contributed by atoms with Gasteiger partial charge in [-0.05, 0) is 49.2 Å². The van der Waals surface area contributed by atoms with Crippen LogP contribution in [0.5, 0.6) is 11.5 Å². The number of amidine groups is 1. The van der Waals surface area contributed by atoms with E-state index < -0.39 is 11.6 Å². The number of aryl methyl sites for hydroxylation is 2. The summed E-state index contributed by atoms with van der Waals surface area (Å²) in [7, 11) is 0. The number of ether oxygens (including phenoxy) is 1. The Balaban J connectivity index is 2.36. The third-order valence-electron chi connectivity index (χ3n) is 2.93. The van der Waals surface area contributed by atoms with Crippen molar-refractivity contribution in [2.45, 2.75) is 13.8 Å². The number of benzene rings is 2. The zero-order chi connectivity index (χ0) is 14.9. The van der Waals surface area contributed by atoms with Gasteiger partial charge in [-0.15, -0.1) is 0 Å². The van der Waals surface area contributed by atoms with Crippen LogP contribution in [0.15, 0.2) is 30.3 Å². The first-order chi connectivity index (χ1) is 9.38. The highest BCUT2D eigenvalue weighted by atomic mass is 19.2. The van der Waals surface area contributed by atoms with Gasteiger partial charge in [0.25, 0.3) is 0 Å². The lowest BCUT2D eigenvalue weighted by atomic mass is 10.0. The van der Waals surface area contributed by atoms with Crippen molar-refractivity contribution >= 4 is 5.84 Å². The van der Waals surface area contributed by atoms with Crippen LogP contribution in [-0.2, 0) is 0 Å². The Morgan fingerprint density at radius 2 is 1.75 bits per heavy atom. The van der Waals surface area contributed by atoms with E-state index in [0.29, 0.717) is 11.3 Å². The average Bonchev–Trinajstić information content (AvgIpc) is 2.37. The molecular formula is C15H14F2N2O. The molecule has 0 aliphatic carbocycles. The fraction of sp³-hybridized carbons (Fsp3) is 0.133. The van der Waals surface area contributed by atoms with Crippen LogP contribution in [-0.4, -0.2) is 5.84 Å². The Kier molecular flexibility index (Phi) is 3.70. The van der Waals surface area contributed by atoms with Gasteiger partial charge in [0.05, 0.1) is 0 Å². The van der Waals surface area contributed by atoms with E-state index in [0.717, 1.165) is 23.3 Å². The maximum atomic E-state index is 13.1. The van der Waals surface area contributed by atoms with Crippen LogP contribution in [0.4, 0.5) is 8.78 Å². The Bertz CT molecular complexity index is 684. The predicted molar refractivity (Wildman–Crippen MR) is 73.4 cm³/mol. The highest BCUT2D eigenvalue weighted by molar-refractivity contribution is 5.96. The van der Waals surface area contributed by atoms with E-state index in [2.05, 4.69) is 0 Å². The number of hydrogen-bond acceptors (Lipinski definition) is 2. The first-order valence-electron chi connectivity index (χ1n) is 5.97. The summed E-state index contributed by atoms with van der Waals surface area (Å²) in [5.74, 6) is -1.18. The van der Waals surface area contributed by atoms with Gasteiger partial charge in [0.2, 0.25) is 0 Å². The molecule has 0 spiro atoms. The maximum absolute atomic E-state index is 13.1. The maximum Gasteiger partial charge on any atom is 0.162 e. The second-order valence-electron chi connectivity index (χ2n) is 4.52. The smallest absolute Gasteiger partial charge is 0.162 e. The molecule has 0 unspecified atom stereocenters. The molecule has 2 rings (SSSR count). The monoisotopic (exact) mass is 276 g/mol. The molecule has 0 aromatic heterocycles. The number of nitrogen functional groups attached to an aromatic ring is 1. The highest BCUT2D eigenvalue weighted by Gasteiger charge is 2.10. The Hall–Kier alpha value is -2.43. The number of rotatable bonds is 3. The number of nitrogens with two attached hydrogens (primary N) is 1. The molecule has 104 valence electrons. The SMILES string of the molecule is Cc1cc(C(=N)N)c(C)cc1Oc1ccc(F)c(F)c1. The van der Waals surface area contributed by atoms with Gasteiger partial charge in [-0.2, -0.15) is 0 Å². The molecular weight excluding hydrogens is 262 g/mol. The molecule has 2 aromatic carbocycles. The van der Waals surface area contributed by atoms with E-state index in [1.54, 1.807) is 26.0 Å². The van der Waals surface area contributed by atoms with E-state index in [1.807, 2.05) is 0 Å². The van der Waals surface area contributed by atoms with Gasteiger partial charge < -0.3 is 10.5 Å². The normalized spacial score (nSPS) is 10.4. The largest absolute Gasteiger partial charge is 0.457 e. The summed E-state index contributed by atoms with van der Waals surface area (Å²) in [6, 6.07) is 6.80. The minimum Gasteiger partial charge on any atom is -0.457 e. The van der Waals surface area contributed by atoms with Crippen LogP contribution in [0, 0.1) is 30.9 Å². The lowest BCUT2D eigenvalue weighted by Crippen LogP contribution is -2.13. The van der Waals surface area contributed by atoms with Gasteiger partial charge in [0.15, 0.2) is 11.6 Å². The molecule has 3 nitrogen and oxygen atoms in total. The van der Waals surface area contributed by atoms with Gasteiger partial charge in [0, 0.05) is 11.6 Å². The third-order valence-corrected chi connectivity index (χ3v) is 2.93. The van der Waals surface area contributed by atoms with Gasteiger partial charge >= 0.3 is 0 Å². The summed E-state index contributed by atoms with van der Waals surface area (Å²) in [5, 5.41) is 7.46. The van der Waals surface area contributed by atoms with E-state index in [9.17, 15) is 8.78 Å². The second-order valence-corrected chi connectivity index (χ2v) is 4.52. The lowest BCUT2D eigenvalue weighted by molar-refractivity contribution is 0.459. The Labute approximate surface area is 115 Å². The first-order valence-corrected chi connectivity index (χ1v) is 5.97. The third kappa shape index (κ3) is 2.77. The molecule has 20 heavy (non-hydrogen) atoms. The number of halogens is 2. The summed E-state index contributed by atoms with van der Waals surface area (Å²) >= 11 is 0. The van der Waals surface area contributed by atoms with E-state index in [4.69, 9.17) is 15.9 Å². The van der Waals surface area contributed by atoms with Gasteiger partial charge in [-0.3, -0.25) is 5.41 Å². The molecule has 0 fully saturated rings. The molecule has 2 aromatic rings. The fourth-order valence-electron chi connectivity index (χ4n) is 1.86. The van der Waals surface area contributed by atoms with Crippen molar-refractivity contribution in [1.82, 2.24) is 0 Å². The van der Waals surface area contributed by atoms with Crippen molar-refractivity contribution in [3.05, 3.63) is 58.7 Å². The zero-order valence-corrected chi connectivity index (χ0v) is 11.1. The topological polar surface area (TPSA) is 59.1 Å². The fourth-order valence-corrected chi connectivity index (χ4v) is 1.86. The molecule has 0 radical (unpaired) electrons.